The van der Waals surface area contributed by atoms with Crippen molar-refractivity contribution < 1.29 is 32.7 Å². The first-order valence-electron chi connectivity index (χ1n) is 9.01. The van der Waals surface area contributed by atoms with E-state index in [9.17, 15) is 19.2 Å². The van der Waals surface area contributed by atoms with Crippen LogP contribution in [0.3, 0.4) is 0 Å². The molecule has 9 nitrogen and oxygen atoms in total. The summed E-state index contributed by atoms with van der Waals surface area (Å²) in [5.74, 6) is -1.73. The molecule has 10 heteroatoms. The van der Waals surface area contributed by atoms with Crippen LogP contribution in [0.2, 0.25) is 0 Å². The van der Waals surface area contributed by atoms with Crippen LogP contribution < -0.4 is 11.1 Å². The molecule has 30 heavy (non-hydrogen) atoms. The van der Waals surface area contributed by atoms with E-state index in [-0.39, 0.29) is 24.7 Å². The molecule has 0 aliphatic carbocycles. The van der Waals surface area contributed by atoms with Crippen molar-refractivity contribution in [1.82, 2.24) is 5.32 Å². The van der Waals surface area contributed by atoms with E-state index in [2.05, 4.69) is 5.32 Å². The van der Waals surface area contributed by atoms with Crippen LogP contribution in [0.25, 0.3) is 0 Å². The van der Waals surface area contributed by atoms with Gasteiger partial charge < -0.3 is 23.6 Å². The Kier molecular flexibility index (Phi) is 7.87. The molecule has 0 saturated carbocycles. The lowest BCUT2D eigenvalue weighted by atomic mass is 10.0. The number of aryl methyl sites for hydroxylation is 1. The van der Waals surface area contributed by atoms with E-state index in [1.165, 1.54) is 13.8 Å². The number of esters is 1. The summed E-state index contributed by atoms with van der Waals surface area (Å²) in [6.45, 7) is 5.70. The van der Waals surface area contributed by atoms with Gasteiger partial charge in [-0.25, -0.2) is 14.4 Å². The molecule has 0 aliphatic rings. The van der Waals surface area contributed by atoms with Gasteiger partial charge in [0.05, 0.1) is 4.75 Å². The Hall–Kier alpha value is -3.01. The SMILES string of the molecule is CC(=O)N[C@@H](C(=O)OCc1ccccc1)C(C)(C)SC(=O)OCc1oc(=O)oc1C. The maximum Gasteiger partial charge on any atom is 0.519 e. The maximum absolute atomic E-state index is 12.6. The number of rotatable bonds is 8. The first-order chi connectivity index (χ1) is 14.1. The summed E-state index contributed by atoms with van der Waals surface area (Å²) in [6, 6.07) is 7.96. The number of carbonyl (C=O) groups excluding carboxylic acids is 3. The number of ether oxygens (including phenoxy) is 2. The molecule has 0 saturated heterocycles. The average Bonchev–Trinajstić information content (AvgIpc) is 3.00. The predicted octanol–water partition coefficient (Wildman–Crippen LogP) is 2.94. The van der Waals surface area contributed by atoms with Crippen molar-refractivity contribution in [2.24, 2.45) is 0 Å². The lowest BCUT2D eigenvalue weighted by Crippen LogP contribution is -2.53. The highest BCUT2D eigenvalue weighted by Crippen LogP contribution is 2.31. The zero-order valence-corrected chi connectivity index (χ0v) is 17.9. The van der Waals surface area contributed by atoms with Gasteiger partial charge in [0.2, 0.25) is 5.91 Å². The smallest absolute Gasteiger partial charge is 0.459 e. The molecule has 1 amide bonds. The molecule has 0 fully saturated rings. The van der Waals surface area contributed by atoms with Gasteiger partial charge in [-0.3, -0.25) is 4.79 Å². The molecular weight excluding hydrogens is 414 g/mol. The molecular formula is C20H23NO8S. The van der Waals surface area contributed by atoms with Crippen LogP contribution in [0, 0.1) is 6.92 Å². The van der Waals surface area contributed by atoms with Crippen LogP contribution in [-0.4, -0.2) is 28.0 Å². The van der Waals surface area contributed by atoms with Crippen LogP contribution in [0.5, 0.6) is 0 Å². The largest absolute Gasteiger partial charge is 0.519 e. The minimum Gasteiger partial charge on any atom is -0.459 e. The number of nitrogens with one attached hydrogen (secondary N) is 1. The van der Waals surface area contributed by atoms with Gasteiger partial charge in [0.15, 0.2) is 18.1 Å². The molecule has 0 aliphatic heterocycles. The fourth-order valence-corrected chi connectivity index (χ4v) is 3.29. The second-order valence-corrected chi connectivity index (χ2v) is 8.49. The van der Waals surface area contributed by atoms with Gasteiger partial charge in [-0.05, 0) is 38.1 Å². The number of hydrogen-bond donors (Lipinski definition) is 1. The highest BCUT2D eigenvalue weighted by Gasteiger charge is 2.40. The first-order valence-corrected chi connectivity index (χ1v) is 9.83. The van der Waals surface area contributed by atoms with E-state index in [4.69, 9.17) is 18.3 Å². The summed E-state index contributed by atoms with van der Waals surface area (Å²) >= 11 is 0.707. The minimum absolute atomic E-state index is 0.0275. The number of hydrogen-bond acceptors (Lipinski definition) is 9. The molecule has 1 aromatic carbocycles. The molecule has 1 heterocycles. The Balaban J connectivity index is 2.01. The molecule has 0 unspecified atom stereocenters. The zero-order chi connectivity index (χ0) is 22.3. The quantitative estimate of drug-likeness (QED) is 0.620. The summed E-state index contributed by atoms with van der Waals surface area (Å²) in [6.07, 6.45) is 0. The van der Waals surface area contributed by atoms with E-state index >= 15 is 0 Å². The second-order valence-electron chi connectivity index (χ2n) is 6.90. The monoisotopic (exact) mass is 437 g/mol. The van der Waals surface area contributed by atoms with Crippen LogP contribution in [0.1, 0.15) is 37.9 Å². The number of thioether (sulfide) groups is 1. The van der Waals surface area contributed by atoms with Gasteiger partial charge in [-0.2, -0.15) is 0 Å². The fourth-order valence-electron chi connectivity index (χ4n) is 2.47. The summed E-state index contributed by atoms with van der Waals surface area (Å²) in [7, 11) is 0. The molecule has 0 spiro atoms. The highest BCUT2D eigenvalue weighted by atomic mass is 32.2. The van der Waals surface area contributed by atoms with E-state index in [1.54, 1.807) is 26.0 Å². The van der Waals surface area contributed by atoms with Crippen LogP contribution >= 0.6 is 11.8 Å². The Morgan fingerprint density at radius 2 is 1.77 bits per heavy atom. The van der Waals surface area contributed by atoms with Crippen molar-refractivity contribution in [2.75, 3.05) is 0 Å². The number of carbonyl (C=O) groups is 3. The van der Waals surface area contributed by atoms with Crippen molar-refractivity contribution in [2.45, 2.75) is 51.7 Å². The van der Waals surface area contributed by atoms with Crippen molar-refractivity contribution >= 4 is 28.9 Å². The number of benzene rings is 1. The summed E-state index contributed by atoms with van der Waals surface area (Å²) in [4.78, 5) is 47.6. The van der Waals surface area contributed by atoms with Crippen molar-refractivity contribution in [3.05, 3.63) is 58.0 Å². The Bertz CT molecular complexity index is 947. The molecule has 2 aromatic rings. The summed E-state index contributed by atoms with van der Waals surface area (Å²) in [5, 5.41) is 1.80. The van der Waals surface area contributed by atoms with Crippen molar-refractivity contribution in [1.29, 1.82) is 0 Å². The zero-order valence-electron chi connectivity index (χ0n) is 17.1. The molecule has 1 aromatic heterocycles. The topological polar surface area (TPSA) is 125 Å². The predicted molar refractivity (Wildman–Crippen MR) is 108 cm³/mol. The minimum atomic E-state index is -1.11. The third kappa shape index (κ3) is 6.80. The number of amides is 1. The normalized spacial score (nSPS) is 12.1. The second kappa shape index (κ2) is 10.1. The van der Waals surface area contributed by atoms with E-state index in [0.29, 0.717) is 11.8 Å². The summed E-state index contributed by atoms with van der Waals surface area (Å²) in [5.41, 5.74) is 0.786. The van der Waals surface area contributed by atoms with Gasteiger partial charge in [-0.1, -0.05) is 30.3 Å². The fraction of sp³-hybridized carbons (Fsp3) is 0.400. The van der Waals surface area contributed by atoms with Crippen LogP contribution in [0.15, 0.2) is 44.0 Å². The van der Waals surface area contributed by atoms with Gasteiger partial charge >= 0.3 is 17.1 Å². The first kappa shape index (κ1) is 23.3. The average molecular weight is 437 g/mol. The van der Waals surface area contributed by atoms with Crippen LogP contribution in [0.4, 0.5) is 4.79 Å². The highest BCUT2D eigenvalue weighted by molar-refractivity contribution is 8.14. The molecule has 162 valence electrons. The lowest BCUT2D eigenvalue weighted by molar-refractivity contribution is -0.149. The molecule has 1 atom stereocenters. The van der Waals surface area contributed by atoms with Gasteiger partial charge in [0, 0.05) is 6.92 Å². The third-order valence-electron chi connectivity index (χ3n) is 4.01. The van der Waals surface area contributed by atoms with Crippen molar-refractivity contribution in [3.8, 4) is 0 Å². The lowest BCUT2D eigenvalue weighted by Gasteiger charge is -2.31. The van der Waals surface area contributed by atoms with Gasteiger partial charge in [-0.15, -0.1) is 0 Å². The third-order valence-corrected chi connectivity index (χ3v) is 5.05. The van der Waals surface area contributed by atoms with E-state index < -0.39 is 33.8 Å². The Labute approximate surface area is 177 Å². The van der Waals surface area contributed by atoms with E-state index in [1.807, 2.05) is 18.2 Å². The molecule has 0 bridgehead atoms. The van der Waals surface area contributed by atoms with Crippen molar-refractivity contribution in [3.63, 3.8) is 0 Å². The summed E-state index contributed by atoms with van der Waals surface area (Å²) < 4.78 is 18.8. The Morgan fingerprint density at radius 3 is 2.33 bits per heavy atom. The standard InChI is InChI=1S/C20H23NO8S/c1-12-15(29-18(24)28-12)11-27-19(25)30-20(3,4)16(21-13(2)22)17(23)26-10-14-8-6-5-7-9-14/h5-9,16H,10-11H2,1-4H3,(H,21,22)/t16-/m0/s1. The molecule has 1 N–H and O–H groups in total. The van der Waals surface area contributed by atoms with Crippen LogP contribution in [-0.2, 0) is 32.3 Å². The Morgan fingerprint density at radius 1 is 1.10 bits per heavy atom. The molecule has 0 radical (unpaired) electrons. The van der Waals surface area contributed by atoms with Gasteiger partial charge in [0.25, 0.3) is 0 Å². The van der Waals surface area contributed by atoms with Gasteiger partial charge in [0.1, 0.15) is 12.6 Å². The maximum atomic E-state index is 12.6. The molecule has 2 rings (SSSR count). The van der Waals surface area contributed by atoms with E-state index in [0.717, 1.165) is 5.56 Å².